The predicted molar refractivity (Wildman–Crippen MR) is 29.3 cm³/mol. The molecule has 0 heterocycles. The summed E-state index contributed by atoms with van der Waals surface area (Å²) in [4.78, 5) is 0. The predicted octanol–water partition coefficient (Wildman–Crippen LogP) is 2.32. The summed E-state index contributed by atoms with van der Waals surface area (Å²) in [5.74, 6) is 0.0709. The summed E-state index contributed by atoms with van der Waals surface area (Å²) in [7, 11) is 0. The number of alkyl halides is 3. The smallest absolute Gasteiger partial charge is 0.288 e. The van der Waals surface area contributed by atoms with Gasteiger partial charge in [-0.15, -0.1) is 13.2 Å². The van der Waals surface area contributed by atoms with E-state index >= 15 is 0 Å². The van der Waals surface area contributed by atoms with E-state index in [9.17, 15) is 13.2 Å². The lowest BCUT2D eigenvalue weighted by Crippen LogP contribution is -2.36. The van der Waals surface area contributed by atoms with E-state index in [0.717, 1.165) is 6.42 Å². The first-order valence-corrected chi connectivity index (χ1v) is 3.23. The number of ether oxygens (including phenoxy) is 1. The molecule has 10 heavy (non-hydrogen) atoms. The van der Waals surface area contributed by atoms with Crippen LogP contribution in [-0.4, -0.2) is 12.5 Å². The highest BCUT2D eigenvalue weighted by Crippen LogP contribution is 2.34. The Bertz CT molecular complexity index is 121. The van der Waals surface area contributed by atoms with E-state index in [1.165, 1.54) is 0 Å². The number of hydrogen-bond acceptors (Lipinski definition) is 1. The van der Waals surface area contributed by atoms with E-state index in [2.05, 4.69) is 4.74 Å². The maximum Gasteiger partial charge on any atom is 0.522 e. The van der Waals surface area contributed by atoms with Crippen LogP contribution in [0.4, 0.5) is 13.2 Å². The molecule has 60 valence electrons. The Morgan fingerprint density at radius 2 is 1.90 bits per heavy atom. The molecular formula is C6H9F3O. The summed E-state index contributed by atoms with van der Waals surface area (Å²) in [5, 5.41) is 0. The van der Waals surface area contributed by atoms with Crippen molar-refractivity contribution in [1.82, 2.24) is 0 Å². The van der Waals surface area contributed by atoms with Gasteiger partial charge in [-0.2, -0.15) is 0 Å². The third kappa shape index (κ3) is 1.87. The quantitative estimate of drug-likeness (QED) is 0.563. The fraction of sp³-hybridized carbons (Fsp3) is 1.00. The van der Waals surface area contributed by atoms with Gasteiger partial charge in [0.2, 0.25) is 0 Å². The SMILES string of the molecule is CC1CCC1OC(F)(F)F. The molecule has 1 fully saturated rings. The normalized spacial score (nSPS) is 33.6. The molecule has 0 aromatic carbocycles. The molecule has 0 radical (unpaired) electrons. The maximum absolute atomic E-state index is 11.5. The third-order valence-electron chi connectivity index (χ3n) is 1.83. The van der Waals surface area contributed by atoms with Crippen molar-refractivity contribution in [2.24, 2.45) is 5.92 Å². The average molecular weight is 154 g/mol. The van der Waals surface area contributed by atoms with Crippen molar-refractivity contribution in [2.45, 2.75) is 32.2 Å². The molecule has 1 saturated carbocycles. The first kappa shape index (κ1) is 7.85. The van der Waals surface area contributed by atoms with Gasteiger partial charge in [0.05, 0.1) is 6.10 Å². The Hall–Kier alpha value is -0.250. The molecule has 2 atom stereocenters. The van der Waals surface area contributed by atoms with Crippen LogP contribution in [0.5, 0.6) is 0 Å². The van der Waals surface area contributed by atoms with Crippen LogP contribution in [-0.2, 0) is 4.74 Å². The van der Waals surface area contributed by atoms with Crippen LogP contribution in [0, 0.1) is 5.92 Å². The van der Waals surface area contributed by atoms with E-state index in [0.29, 0.717) is 6.42 Å². The average Bonchev–Trinajstić information content (AvgIpc) is 1.78. The Kier molecular flexibility index (Phi) is 1.90. The molecule has 0 amide bonds. The number of halogens is 3. The fourth-order valence-electron chi connectivity index (χ4n) is 0.983. The lowest BCUT2D eigenvalue weighted by atomic mass is 9.84. The Morgan fingerprint density at radius 3 is 2.00 bits per heavy atom. The van der Waals surface area contributed by atoms with E-state index in [-0.39, 0.29) is 5.92 Å². The molecule has 0 bridgehead atoms. The minimum Gasteiger partial charge on any atom is -0.288 e. The van der Waals surface area contributed by atoms with Crippen LogP contribution in [0.1, 0.15) is 19.8 Å². The third-order valence-corrected chi connectivity index (χ3v) is 1.83. The van der Waals surface area contributed by atoms with Crippen molar-refractivity contribution < 1.29 is 17.9 Å². The topological polar surface area (TPSA) is 9.23 Å². The molecule has 4 heteroatoms. The molecule has 1 rings (SSSR count). The number of hydrogen-bond donors (Lipinski definition) is 0. The standard InChI is InChI=1S/C6H9F3O/c1-4-2-3-5(4)10-6(7,8)9/h4-5H,2-3H2,1H3. The van der Waals surface area contributed by atoms with Crippen molar-refractivity contribution in [1.29, 1.82) is 0 Å². The molecule has 1 nitrogen and oxygen atoms in total. The lowest BCUT2D eigenvalue weighted by Gasteiger charge is -2.33. The van der Waals surface area contributed by atoms with Gasteiger partial charge in [0.1, 0.15) is 0 Å². The van der Waals surface area contributed by atoms with Gasteiger partial charge in [-0.25, -0.2) is 0 Å². The molecule has 1 aliphatic rings. The van der Waals surface area contributed by atoms with Crippen LogP contribution in [0.2, 0.25) is 0 Å². The van der Waals surface area contributed by atoms with Crippen molar-refractivity contribution in [3.8, 4) is 0 Å². The van der Waals surface area contributed by atoms with Crippen molar-refractivity contribution >= 4 is 0 Å². The van der Waals surface area contributed by atoms with Gasteiger partial charge < -0.3 is 0 Å². The van der Waals surface area contributed by atoms with Crippen LogP contribution >= 0.6 is 0 Å². The zero-order valence-electron chi connectivity index (χ0n) is 5.61. The van der Waals surface area contributed by atoms with Gasteiger partial charge in [0.25, 0.3) is 0 Å². The molecule has 0 aliphatic heterocycles. The second-order valence-corrected chi connectivity index (χ2v) is 2.66. The van der Waals surface area contributed by atoms with E-state index < -0.39 is 12.5 Å². The van der Waals surface area contributed by atoms with Crippen molar-refractivity contribution in [3.05, 3.63) is 0 Å². The van der Waals surface area contributed by atoms with Crippen LogP contribution in [0.3, 0.4) is 0 Å². The first-order valence-electron chi connectivity index (χ1n) is 3.23. The summed E-state index contributed by atoms with van der Waals surface area (Å²) in [5.41, 5.74) is 0. The van der Waals surface area contributed by atoms with Crippen LogP contribution < -0.4 is 0 Å². The summed E-state index contributed by atoms with van der Waals surface area (Å²) in [6, 6.07) is 0. The zero-order valence-corrected chi connectivity index (χ0v) is 5.61. The van der Waals surface area contributed by atoms with Crippen molar-refractivity contribution in [3.63, 3.8) is 0 Å². The molecule has 0 spiro atoms. The summed E-state index contributed by atoms with van der Waals surface area (Å²) in [6.07, 6.45) is -3.64. The minimum absolute atomic E-state index is 0.0709. The highest BCUT2D eigenvalue weighted by atomic mass is 19.4. The van der Waals surface area contributed by atoms with Crippen LogP contribution in [0.15, 0.2) is 0 Å². The highest BCUT2D eigenvalue weighted by molar-refractivity contribution is 4.77. The molecule has 1 aliphatic carbocycles. The van der Waals surface area contributed by atoms with Gasteiger partial charge in [0, 0.05) is 0 Å². The van der Waals surface area contributed by atoms with Gasteiger partial charge in [-0.1, -0.05) is 6.92 Å². The summed E-state index contributed by atoms with van der Waals surface area (Å²) in [6.45, 7) is 1.76. The molecule has 0 aromatic rings. The Balaban J connectivity index is 2.26. The molecule has 2 unspecified atom stereocenters. The number of rotatable bonds is 1. The van der Waals surface area contributed by atoms with Gasteiger partial charge in [0.15, 0.2) is 0 Å². The van der Waals surface area contributed by atoms with E-state index in [4.69, 9.17) is 0 Å². The minimum atomic E-state index is -4.45. The molecule has 0 saturated heterocycles. The van der Waals surface area contributed by atoms with Gasteiger partial charge in [-0.3, -0.25) is 4.74 Å². The van der Waals surface area contributed by atoms with Gasteiger partial charge in [-0.05, 0) is 18.8 Å². The molecule has 0 N–H and O–H groups in total. The second kappa shape index (κ2) is 2.42. The second-order valence-electron chi connectivity index (χ2n) is 2.66. The monoisotopic (exact) mass is 154 g/mol. The maximum atomic E-state index is 11.5. The zero-order chi connectivity index (χ0) is 7.78. The Labute approximate surface area is 57.2 Å². The first-order chi connectivity index (χ1) is 4.49. The van der Waals surface area contributed by atoms with E-state index in [1.54, 1.807) is 6.92 Å². The summed E-state index contributed by atoms with van der Waals surface area (Å²) >= 11 is 0. The van der Waals surface area contributed by atoms with E-state index in [1.807, 2.05) is 0 Å². The Morgan fingerprint density at radius 1 is 1.30 bits per heavy atom. The molecule has 0 aromatic heterocycles. The fourth-order valence-corrected chi connectivity index (χ4v) is 0.983. The van der Waals surface area contributed by atoms with Gasteiger partial charge >= 0.3 is 6.36 Å². The highest BCUT2D eigenvalue weighted by Gasteiger charge is 2.39. The molecular weight excluding hydrogens is 145 g/mol. The van der Waals surface area contributed by atoms with Crippen LogP contribution in [0.25, 0.3) is 0 Å². The summed E-state index contributed by atoms with van der Waals surface area (Å²) < 4.78 is 38.2. The lowest BCUT2D eigenvalue weighted by molar-refractivity contribution is -0.357. The largest absolute Gasteiger partial charge is 0.522 e. The van der Waals surface area contributed by atoms with Crippen molar-refractivity contribution in [2.75, 3.05) is 0 Å².